The van der Waals surface area contributed by atoms with Gasteiger partial charge < -0.3 is 9.26 Å². The molecule has 1 aromatic carbocycles. The van der Waals surface area contributed by atoms with Gasteiger partial charge in [0.15, 0.2) is 5.76 Å². The van der Waals surface area contributed by atoms with E-state index in [1.165, 1.54) is 17.1 Å². The molecule has 0 radical (unpaired) electrons. The van der Waals surface area contributed by atoms with Crippen LogP contribution in [0.1, 0.15) is 35.7 Å². The maximum atomic E-state index is 5.43. The van der Waals surface area contributed by atoms with Crippen molar-refractivity contribution in [2.24, 2.45) is 0 Å². The molecular formula is C21H22N4O2S. The Morgan fingerprint density at radius 2 is 2.07 bits per heavy atom. The van der Waals surface area contributed by atoms with Crippen LogP contribution in [0.2, 0.25) is 0 Å². The quantitative estimate of drug-likeness (QED) is 0.591. The van der Waals surface area contributed by atoms with Gasteiger partial charge >= 0.3 is 0 Å². The molecule has 0 N–H and O–H groups in total. The molecule has 0 saturated carbocycles. The molecule has 4 rings (SSSR count). The molecule has 7 heteroatoms. The summed E-state index contributed by atoms with van der Waals surface area (Å²) in [4.78, 5) is 3.49. The van der Waals surface area contributed by atoms with E-state index in [1.54, 1.807) is 0 Å². The fourth-order valence-corrected chi connectivity index (χ4v) is 4.24. The van der Waals surface area contributed by atoms with Crippen molar-refractivity contribution in [2.45, 2.75) is 32.2 Å². The van der Waals surface area contributed by atoms with Crippen molar-refractivity contribution in [3.8, 4) is 28.7 Å². The standard InChI is InChI=1S/C21H22N4O2S/c1-3-12-26-18-6-4-16(5-7-18)14-25-10-8-17(9-11-25)20-21(28-24-22-20)19-13-15(2)23-27-19/h1,4-7,13,17H,8-12,14H2,2H3. The van der Waals surface area contributed by atoms with Gasteiger partial charge in [0.1, 0.15) is 17.2 Å². The summed E-state index contributed by atoms with van der Waals surface area (Å²) in [7, 11) is 0. The van der Waals surface area contributed by atoms with E-state index in [1.807, 2.05) is 25.1 Å². The zero-order chi connectivity index (χ0) is 19.3. The average molecular weight is 395 g/mol. The number of benzene rings is 1. The summed E-state index contributed by atoms with van der Waals surface area (Å²) in [6.07, 6.45) is 7.35. The van der Waals surface area contributed by atoms with Crippen LogP contribution in [-0.2, 0) is 6.54 Å². The Balaban J connectivity index is 1.34. The minimum absolute atomic E-state index is 0.300. The van der Waals surface area contributed by atoms with Crippen molar-refractivity contribution in [1.82, 2.24) is 19.6 Å². The smallest absolute Gasteiger partial charge is 0.180 e. The van der Waals surface area contributed by atoms with Gasteiger partial charge in [-0.2, -0.15) is 0 Å². The van der Waals surface area contributed by atoms with E-state index in [0.29, 0.717) is 12.5 Å². The number of terminal acetylenes is 1. The Morgan fingerprint density at radius 1 is 1.29 bits per heavy atom. The number of aryl methyl sites for hydroxylation is 1. The van der Waals surface area contributed by atoms with E-state index in [4.69, 9.17) is 15.7 Å². The Morgan fingerprint density at radius 3 is 2.75 bits per heavy atom. The van der Waals surface area contributed by atoms with Crippen LogP contribution in [0.3, 0.4) is 0 Å². The molecule has 6 nitrogen and oxygen atoms in total. The molecule has 0 spiro atoms. The van der Waals surface area contributed by atoms with Crippen molar-refractivity contribution >= 4 is 11.5 Å². The maximum absolute atomic E-state index is 5.43. The fraction of sp³-hybridized carbons (Fsp3) is 0.381. The second-order valence-corrected chi connectivity index (χ2v) is 7.76. The normalized spacial score (nSPS) is 15.4. The van der Waals surface area contributed by atoms with Crippen molar-refractivity contribution < 1.29 is 9.26 Å². The Bertz CT molecular complexity index is 949. The van der Waals surface area contributed by atoms with Gasteiger partial charge in [0.05, 0.1) is 11.4 Å². The highest BCUT2D eigenvalue weighted by molar-refractivity contribution is 7.09. The van der Waals surface area contributed by atoms with E-state index in [9.17, 15) is 0 Å². The van der Waals surface area contributed by atoms with Crippen LogP contribution in [-0.4, -0.2) is 39.3 Å². The average Bonchev–Trinajstić information content (AvgIpc) is 3.37. The van der Waals surface area contributed by atoms with E-state index < -0.39 is 0 Å². The molecule has 1 fully saturated rings. The highest BCUT2D eigenvalue weighted by Gasteiger charge is 2.27. The molecule has 3 heterocycles. The molecule has 2 aromatic heterocycles. The third kappa shape index (κ3) is 4.24. The van der Waals surface area contributed by atoms with Gasteiger partial charge in [-0.15, -0.1) is 11.5 Å². The predicted octanol–water partition coefficient (Wildman–Crippen LogP) is 3.89. The monoisotopic (exact) mass is 394 g/mol. The number of nitrogens with zero attached hydrogens (tertiary/aromatic N) is 4. The van der Waals surface area contributed by atoms with Crippen molar-refractivity contribution in [1.29, 1.82) is 0 Å². The summed E-state index contributed by atoms with van der Waals surface area (Å²) < 4.78 is 15.0. The van der Waals surface area contributed by atoms with Crippen LogP contribution in [0.4, 0.5) is 0 Å². The Kier molecular flexibility index (Phi) is 5.70. The zero-order valence-electron chi connectivity index (χ0n) is 15.8. The minimum Gasteiger partial charge on any atom is -0.481 e. The number of hydrogen-bond donors (Lipinski definition) is 0. The number of hydrogen-bond acceptors (Lipinski definition) is 7. The zero-order valence-corrected chi connectivity index (χ0v) is 16.6. The lowest BCUT2D eigenvalue weighted by atomic mass is 9.92. The summed E-state index contributed by atoms with van der Waals surface area (Å²) in [5, 5.41) is 8.39. The topological polar surface area (TPSA) is 64.3 Å². The molecule has 1 aliphatic rings. The van der Waals surface area contributed by atoms with Crippen LogP contribution in [0.15, 0.2) is 34.9 Å². The van der Waals surface area contributed by atoms with Crippen LogP contribution in [0.5, 0.6) is 5.75 Å². The summed E-state index contributed by atoms with van der Waals surface area (Å²) >= 11 is 1.39. The number of ether oxygens (including phenoxy) is 1. The first-order valence-corrected chi connectivity index (χ1v) is 10.1. The number of piperidine rings is 1. The number of likely N-dealkylation sites (tertiary alicyclic amines) is 1. The van der Waals surface area contributed by atoms with E-state index >= 15 is 0 Å². The SMILES string of the molecule is C#CCOc1ccc(CN2CCC(c3nnsc3-c3cc(C)no3)CC2)cc1. The van der Waals surface area contributed by atoms with Crippen LogP contribution >= 0.6 is 11.5 Å². The van der Waals surface area contributed by atoms with Gasteiger partial charge in [0.25, 0.3) is 0 Å². The molecule has 0 amide bonds. The Labute approximate surface area is 168 Å². The molecule has 144 valence electrons. The number of aromatic nitrogens is 3. The summed E-state index contributed by atoms with van der Waals surface area (Å²) in [5.41, 5.74) is 3.20. The highest BCUT2D eigenvalue weighted by atomic mass is 32.1. The molecule has 28 heavy (non-hydrogen) atoms. The highest BCUT2D eigenvalue weighted by Crippen LogP contribution is 2.36. The second kappa shape index (κ2) is 8.55. The molecule has 3 aromatic rings. The van der Waals surface area contributed by atoms with E-state index in [2.05, 4.69) is 37.7 Å². The van der Waals surface area contributed by atoms with Gasteiger partial charge in [0, 0.05) is 18.5 Å². The fourth-order valence-electron chi connectivity index (χ4n) is 3.55. The number of rotatable bonds is 6. The molecule has 1 aliphatic heterocycles. The summed E-state index contributed by atoms with van der Waals surface area (Å²) in [6.45, 7) is 5.23. The van der Waals surface area contributed by atoms with Gasteiger partial charge in [0.2, 0.25) is 0 Å². The lowest BCUT2D eigenvalue weighted by Gasteiger charge is -2.31. The van der Waals surface area contributed by atoms with Gasteiger partial charge in [-0.1, -0.05) is 27.7 Å². The first-order valence-electron chi connectivity index (χ1n) is 9.36. The Hall–Kier alpha value is -2.69. The van der Waals surface area contributed by atoms with Crippen LogP contribution in [0.25, 0.3) is 10.6 Å². The third-order valence-corrected chi connectivity index (χ3v) is 5.75. The third-order valence-electron chi connectivity index (χ3n) is 4.99. The second-order valence-electron chi connectivity index (χ2n) is 7.01. The van der Waals surface area contributed by atoms with Crippen LogP contribution < -0.4 is 4.74 Å². The van der Waals surface area contributed by atoms with Crippen molar-refractivity contribution in [2.75, 3.05) is 19.7 Å². The van der Waals surface area contributed by atoms with Gasteiger partial charge in [-0.25, -0.2) is 0 Å². The molecule has 0 atom stereocenters. The maximum Gasteiger partial charge on any atom is 0.180 e. The summed E-state index contributed by atoms with van der Waals surface area (Å²) in [5.74, 6) is 4.48. The lowest BCUT2D eigenvalue weighted by Crippen LogP contribution is -2.32. The molecule has 0 unspecified atom stereocenters. The molecular weight excluding hydrogens is 372 g/mol. The molecule has 0 aliphatic carbocycles. The first-order chi connectivity index (χ1) is 13.7. The lowest BCUT2D eigenvalue weighted by molar-refractivity contribution is 0.203. The first kappa shape index (κ1) is 18.7. The van der Waals surface area contributed by atoms with E-state index in [-0.39, 0.29) is 0 Å². The van der Waals surface area contributed by atoms with Crippen LogP contribution in [0, 0.1) is 19.3 Å². The molecule has 0 bridgehead atoms. The predicted molar refractivity (Wildman–Crippen MR) is 108 cm³/mol. The minimum atomic E-state index is 0.300. The van der Waals surface area contributed by atoms with Crippen molar-refractivity contribution in [3.63, 3.8) is 0 Å². The molecule has 1 saturated heterocycles. The van der Waals surface area contributed by atoms with Crippen molar-refractivity contribution in [3.05, 3.63) is 47.3 Å². The largest absolute Gasteiger partial charge is 0.481 e. The van der Waals surface area contributed by atoms with E-state index in [0.717, 1.165) is 60.3 Å². The summed E-state index contributed by atoms with van der Waals surface area (Å²) in [6, 6.07) is 10.1. The van der Waals surface area contributed by atoms with Gasteiger partial charge in [-0.3, -0.25) is 4.90 Å². The van der Waals surface area contributed by atoms with Gasteiger partial charge in [-0.05, 0) is 62.1 Å².